The molecule has 2 aromatic rings. The van der Waals surface area contributed by atoms with Crippen LogP contribution in [0.2, 0.25) is 0 Å². The lowest BCUT2D eigenvalue weighted by atomic mass is 10.2. The molecule has 2 heterocycles. The van der Waals surface area contributed by atoms with Crippen LogP contribution >= 0.6 is 0 Å². The van der Waals surface area contributed by atoms with E-state index in [0.29, 0.717) is 6.04 Å². The number of para-hydroxylation sites is 1. The van der Waals surface area contributed by atoms with Gasteiger partial charge < -0.3 is 10.1 Å². The van der Waals surface area contributed by atoms with Crippen molar-refractivity contribution in [3.63, 3.8) is 0 Å². The van der Waals surface area contributed by atoms with E-state index >= 15 is 0 Å². The molecule has 108 valence electrons. The minimum absolute atomic E-state index is 0.580. The molecule has 2 N–H and O–H groups in total. The molecule has 1 aromatic carbocycles. The number of anilines is 1. The number of aromatic amines is 1. The van der Waals surface area contributed by atoms with Crippen LogP contribution in [0.3, 0.4) is 0 Å². The van der Waals surface area contributed by atoms with Crippen LogP contribution in [-0.4, -0.2) is 54.0 Å². The Morgan fingerprint density at radius 1 is 1.35 bits per heavy atom. The van der Waals surface area contributed by atoms with Gasteiger partial charge in [-0.05, 0) is 25.5 Å². The van der Waals surface area contributed by atoms with Crippen molar-refractivity contribution >= 4 is 16.7 Å². The molecule has 1 saturated heterocycles. The standard InChI is InChI=1S/C15H22N4O/c1-12(19-8-10-20-11-9-19)6-7-16-15-13-4-2-3-5-14(13)17-18-15/h2-5,12H,6-11H2,1H3,(H2,16,17,18). The van der Waals surface area contributed by atoms with Gasteiger partial charge in [0.25, 0.3) is 0 Å². The van der Waals surface area contributed by atoms with E-state index in [-0.39, 0.29) is 0 Å². The number of fused-ring (bicyclic) bond motifs is 1. The number of hydrogen-bond acceptors (Lipinski definition) is 4. The van der Waals surface area contributed by atoms with Crippen LogP contribution in [0.25, 0.3) is 10.9 Å². The summed E-state index contributed by atoms with van der Waals surface area (Å²) in [5.41, 5.74) is 1.08. The number of nitrogens with zero attached hydrogens (tertiary/aromatic N) is 2. The van der Waals surface area contributed by atoms with Crippen LogP contribution in [0.1, 0.15) is 13.3 Å². The van der Waals surface area contributed by atoms with Crippen LogP contribution in [0, 0.1) is 0 Å². The lowest BCUT2D eigenvalue weighted by molar-refractivity contribution is 0.0193. The second kappa shape index (κ2) is 6.24. The molecule has 5 nitrogen and oxygen atoms in total. The van der Waals surface area contributed by atoms with E-state index in [0.717, 1.165) is 56.0 Å². The normalized spacial score (nSPS) is 18.2. The van der Waals surface area contributed by atoms with Crippen molar-refractivity contribution in [2.75, 3.05) is 38.2 Å². The molecular weight excluding hydrogens is 252 g/mol. The highest BCUT2D eigenvalue weighted by Gasteiger charge is 2.16. The number of nitrogens with one attached hydrogen (secondary N) is 2. The van der Waals surface area contributed by atoms with Crippen LogP contribution in [0.4, 0.5) is 5.82 Å². The average Bonchev–Trinajstić information content (AvgIpc) is 2.92. The molecular formula is C15H22N4O. The van der Waals surface area contributed by atoms with Gasteiger partial charge in [-0.1, -0.05) is 12.1 Å². The van der Waals surface area contributed by atoms with Crippen LogP contribution in [0.5, 0.6) is 0 Å². The third kappa shape index (κ3) is 2.94. The molecule has 1 aliphatic heterocycles. The molecule has 0 spiro atoms. The first-order chi connectivity index (χ1) is 9.84. The number of H-pyrrole nitrogens is 1. The zero-order valence-electron chi connectivity index (χ0n) is 11.9. The molecule has 0 saturated carbocycles. The van der Waals surface area contributed by atoms with E-state index in [2.05, 4.69) is 33.4 Å². The molecule has 1 aliphatic rings. The van der Waals surface area contributed by atoms with E-state index in [1.54, 1.807) is 0 Å². The van der Waals surface area contributed by atoms with Gasteiger partial charge in [0.05, 0.1) is 18.7 Å². The summed E-state index contributed by atoms with van der Waals surface area (Å²) in [4.78, 5) is 2.49. The van der Waals surface area contributed by atoms with E-state index < -0.39 is 0 Å². The molecule has 1 aromatic heterocycles. The number of hydrogen-bond donors (Lipinski definition) is 2. The third-order valence-electron chi connectivity index (χ3n) is 3.99. The maximum atomic E-state index is 5.39. The Bertz CT molecular complexity index is 548. The van der Waals surface area contributed by atoms with Crippen molar-refractivity contribution in [3.05, 3.63) is 24.3 Å². The first-order valence-electron chi connectivity index (χ1n) is 7.33. The number of rotatable bonds is 5. The third-order valence-corrected chi connectivity index (χ3v) is 3.99. The summed E-state index contributed by atoms with van der Waals surface area (Å²) in [6, 6.07) is 8.78. The number of aromatic nitrogens is 2. The SMILES string of the molecule is CC(CCNc1n[nH]c2ccccc12)N1CCOCC1. The Labute approximate surface area is 119 Å². The molecule has 1 unspecified atom stereocenters. The van der Waals surface area contributed by atoms with Gasteiger partial charge in [-0.15, -0.1) is 0 Å². The molecule has 3 rings (SSSR count). The first-order valence-corrected chi connectivity index (χ1v) is 7.33. The number of morpholine rings is 1. The predicted molar refractivity (Wildman–Crippen MR) is 81.1 cm³/mol. The fourth-order valence-electron chi connectivity index (χ4n) is 2.70. The van der Waals surface area contributed by atoms with Gasteiger partial charge in [0.15, 0.2) is 5.82 Å². The zero-order valence-corrected chi connectivity index (χ0v) is 11.9. The summed E-state index contributed by atoms with van der Waals surface area (Å²) in [5, 5.41) is 12.0. The lowest BCUT2D eigenvalue weighted by Gasteiger charge is -2.32. The summed E-state index contributed by atoms with van der Waals surface area (Å²) in [5.74, 6) is 0.953. The molecule has 0 radical (unpaired) electrons. The minimum Gasteiger partial charge on any atom is -0.379 e. The summed E-state index contributed by atoms with van der Waals surface area (Å²) in [6.07, 6.45) is 1.11. The maximum Gasteiger partial charge on any atom is 0.155 e. The quantitative estimate of drug-likeness (QED) is 0.876. The van der Waals surface area contributed by atoms with Gasteiger partial charge in [0.2, 0.25) is 0 Å². The fraction of sp³-hybridized carbons (Fsp3) is 0.533. The molecule has 1 atom stereocenters. The van der Waals surface area contributed by atoms with Crippen molar-refractivity contribution in [1.29, 1.82) is 0 Å². The highest BCUT2D eigenvalue weighted by molar-refractivity contribution is 5.89. The van der Waals surface area contributed by atoms with Crippen molar-refractivity contribution in [2.24, 2.45) is 0 Å². The van der Waals surface area contributed by atoms with E-state index in [4.69, 9.17) is 4.74 Å². The van der Waals surface area contributed by atoms with Crippen molar-refractivity contribution < 1.29 is 4.74 Å². The zero-order chi connectivity index (χ0) is 13.8. The summed E-state index contributed by atoms with van der Waals surface area (Å²) < 4.78 is 5.39. The monoisotopic (exact) mass is 274 g/mol. The van der Waals surface area contributed by atoms with Crippen molar-refractivity contribution in [3.8, 4) is 0 Å². The summed E-state index contributed by atoms with van der Waals surface area (Å²) >= 11 is 0. The lowest BCUT2D eigenvalue weighted by Crippen LogP contribution is -2.42. The van der Waals surface area contributed by atoms with Gasteiger partial charge >= 0.3 is 0 Å². The first kappa shape index (κ1) is 13.4. The summed E-state index contributed by atoms with van der Waals surface area (Å²) in [7, 11) is 0. The van der Waals surface area contributed by atoms with Crippen LogP contribution in [-0.2, 0) is 4.74 Å². The molecule has 20 heavy (non-hydrogen) atoms. The van der Waals surface area contributed by atoms with E-state index in [9.17, 15) is 0 Å². The smallest absolute Gasteiger partial charge is 0.155 e. The topological polar surface area (TPSA) is 53.2 Å². The van der Waals surface area contributed by atoms with E-state index in [1.165, 1.54) is 0 Å². The van der Waals surface area contributed by atoms with Crippen LogP contribution < -0.4 is 5.32 Å². The fourth-order valence-corrected chi connectivity index (χ4v) is 2.70. The molecule has 0 amide bonds. The molecule has 5 heteroatoms. The Balaban J connectivity index is 1.52. The Morgan fingerprint density at radius 2 is 2.15 bits per heavy atom. The summed E-state index contributed by atoms with van der Waals surface area (Å²) in [6.45, 7) is 7.05. The number of benzene rings is 1. The van der Waals surface area contributed by atoms with Gasteiger partial charge in [-0.3, -0.25) is 10.00 Å². The van der Waals surface area contributed by atoms with Gasteiger partial charge in [0, 0.05) is 31.1 Å². The number of ether oxygens (including phenoxy) is 1. The van der Waals surface area contributed by atoms with Gasteiger partial charge in [-0.2, -0.15) is 5.10 Å². The highest BCUT2D eigenvalue weighted by atomic mass is 16.5. The van der Waals surface area contributed by atoms with Gasteiger partial charge in [-0.25, -0.2) is 0 Å². The van der Waals surface area contributed by atoms with Gasteiger partial charge in [0.1, 0.15) is 0 Å². The van der Waals surface area contributed by atoms with Crippen LogP contribution in [0.15, 0.2) is 24.3 Å². The Hall–Kier alpha value is -1.59. The second-order valence-electron chi connectivity index (χ2n) is 5.33. The maximum absolute atomic E-state index is 5.39. The minimum atomic E-state index is 0.580. The average molecular weight is 274 g/mol. The highest BCUT2D eigenvalue weighted by Crippen LogP contribution is 2.19. The second-order valence-corrected chi connectivity index (χ2v) is 5.33. The molecule has 0 bridgehead atoms. The largest absolute Gasteiger partial charge is 0.379 e. The predicted octanol–water partition coefficient (Wildman–Crippen LogP) is 2.09. The molecule has 0 aliphatic carbocycles. The van der Waals surface area contributed by atoms with Crippen molar-refractivity contribution in [2.45, 2.75) is 19.4 Å². The Morgan fingerprint density at radius 3 is 3.00 bits per heavy atom. The molecule has 1 fully saturated rings. The van der Waals surface area contributed by atoms with Crippen molar-refractivity contribution in [1.82, 2.24) is 15.1 Å². The van der Waals surface area contributed by atoms with E-state index in [1.807, 2.05) is 18.2 Å². The Kier molecular flexibility index (Phi) is 4.18.